The zero-order valence-corrected chi connectivity index (χ0v) is 18.6. The van der Waals surface area contributed by atoms with Gasteiger partial charge >= 0.3 is 0 Å². The molecule has 0 aliphatic carbocycles. The van der Waals surface area contributed by atoms with Gasteiger partial charge in [-0.15, -0.1) is 11.3 Å². The van der Waals surface area contributed by atoms with Gasteiger partial charge in [-0.2, -0.15) is 0 Å². The molecule has 1 N–H and O–H groups in total. The molecule has 30 heavy (non-hydrogen) atoms. The van der Waals surface area contributed by atoms with Crippen LogP contribution in [-0.2, 0) is 4.79 Å². The van der Waals surface area contributed by atoms with Crippen molar-refractivity contribution in [3.63, 3.8) is 0 Å². The summed E-state index contributed by atoms with van der Waals surface area (Å²) in [6, 6.07) is 11.6. The average molecular weight is 427 g/mol. The summed E-state index contributed by atoms with van der Waals surface area (Å²) in [4.78, 5) is 16.9. The van der Waals surface area contributed by atoms with E-state index in [4.69, 9.17) is 14.2 Å². The van der Waals surface area contributed by atoms with Crippen LogP contribution in [0.4, 0.5) is 5.13 Å². The maximum absolute atomic E-state index is 12.4. The number of carbonyl (C=O) groups is 1. The van der Waals surface area contributed by atoms with Crippen LogP contribution in [0.15, 0.2) is 41.8 Å². The normalized spacial score (nSPS) is 10.7. The molecule has 1 heterocycles. The number of hydrogen-bond acceptors (Lipinski definition) is 6. The number of ether oxygens (including phenoxy) is 3. The van der Waals surface area contributed by atoms with E-state index in [1.165, 1.54) is 11.3 Å². The summed E-state index contributed by atoms with van der Waals surface area (Å²) in [7, 11) is 3.18. The van der Waals surface area contributed by atoms with Gasteiger partial charge in [0.1, 0.15) is 5.75 Å². The number of nitrogens with one attached hydrogen (secondary N) is 1. The summed E-state index contributed by atoms with van der Waals surface area (Å²) in [6.07, 6.45) is 0. The third-order valence-electron chi connectivity index (χ3n) is 4.58. The lowest BCUT2D eigenvalue weighted by molar-refractivity contribution is -0.118. The highest BCUT2D eigenvalue weighted by Gasteiger charge is 2.13. The zero-order valence-electron chi connectivity index (χ0n) is 17.8. The van der Waals surface area contributed by atoms with E-state index in [2.05, 4.69) is 24.1 Å². The number of carbonyl (C=O) groups excluding carboxylic acids is 1. The number of aryl methyl sites for hydroxylation is 1. The predicted octanol–water partition coefficient (Wildman–Crippen LogP) is 5.28. The lowest BCUT2D eigenvalue weighted by Crippen LogP contribution is -2.20. The number of amides is 1. The molecule has 6 nitrogen and oxygen atoms in total. The fourth-order valence-corrected chi connectivity index (χ4v) is 3.74. The van der Waals surface area contributed by atoms with Crippen LogP contribution < -0.4 is 19.5 Å². The Labute approximate surface area is 180 Å². The monoisotopic (exact) mass is 426 g/mol. The van der Waals surface area contributed by atoms with Crippen LogP contribution >= 0.6 is 11.3 Å². The Bertz CT molecular complexity index is 1030. The summed E-state index contributed by atoms with van der Waals surface area (Å²) in [5.41, 5.74) is 3.80. The van der Waals surface area contributed by atoms with Gasteiger partial charge in [0.25, 0.3) is 5.91 Å². The SMILES string of the molecule is COc1ccc(-c2csc(NC(=O)COc3cc(C)ccc3C(C)C)n2)cc1OC. The standard InChI is InChI=1S/C23H26N2O4S/c1-14(2)17-8-6-15(3)10-20(17)29-12-22(26)25-23-24-18(13-30-23)16-7-9-19(27-4)21(11-16)28-5/h6-11,13-14H,12H2,1-5H3,(H,24,25,26). The maximum atomic E-state index is 12.4. The summed E-state index contributed by atoms with van der Waals surface area (Å²) < 4.78 is 16.4. The number of nitrogens with zero attached hydrogens (tertiary/aromatic N) is 1. The molecular formula is C23H26N2O4S. The first kappa shape index (κ1) is 21.6. The van der Waals surface area contributed by atoms with E-state index in [1.54, 1.807) is 14.2 Å². The van der Waals surface area contributed by atoms with E-state index in [0.29, 0.717) is 22.5 Å². The van der Waals surface area contributed by atoms with Gasteiger partial charge in [0, 0.05) is 10.9 Å². The molecule has 1 amide bonds. The Morgan fingerprint density at radius 1 is 1.07 bits per heavy atom. The van der Waals surface area contributed by atoms with Crippen LogP contribution in [0.5, 0.6) is 17.2 Å². The number of thiazole rings is 1. The summed E-state index contributed by atoms with van der Waals surface area (Å²) in [5, 5.41) is 5.20. The Morgan fingerprint density at radius 3 is 2.53 bits per heavy atom. The number of rotatable bonds is 8. The van der Waals surface area contributed by atoms with Gasteiger partial charge < -0.3 is 14.2 Å². The van der Waals surface area contributed by atoms with Gasteiger partial charge in [0.2, 0.25) is 0 Å². The highest BCUT2D eigenvalue weighted by molar-refractivity contribution is 7.14. The van der Waals surface area contributed by atoms with Gasteiger partial charge in [-0.3, -0.25) is 10.1 Å². The molecule has 0 saturated carbocycles. The van der Waals surface area contributed by atoms with Crippen molar-refractivity contribution in [3.05, 3.63) is 52.9 Å². The minimum Gasteiger partial charge on any atom is -0.493 e. The summed E-state index contributed by atoms with van der Waals surface area (Å²) in [6.45, 7) is 6.13. The third-order valence-corrected chi connectivity index (χ3v) is 5.34. The molecule has 0 spiro atoms. The molecule has 158 valence electrons. The van der Waals surface area contributed by atoms with Crippen molar-refractivity contribution in [1.82, 2.24) is 4.98 Å². The second kappa shape index (κ2) is 9.63. The van der Waals surface area contributed by atoms with E-state index >= 15 is 0 Å². The first-order valence-electron chi connectivity index (χ1n) is 9.62. The van der Waals surface area contributed by atoms with Gasteiger partial charge in [0.05, 0.1) is 19.9 Å². The molecule has 0 unspecified atom stereocenters. The molecule has 2 aromatic carbocycles. The van der Waals surface area contributed by atoms with Crippen molar-refractivity contribution >= 4 is 22.4 Å². The van der Waals surface area contributed by atoms with Crippen molar-refractivity contribution < 1.29 is 19.0 Å². The minimum absolute atomic E-state index is 0.0750. The van der Waals surface area contributed by atoms with Crippen molar-refractivity contribution in [2.45, 2.75) is 26.7 Å². The van der Waals surface area contributed by atoms with Crippen LogP contribution in [0.3, 0.4) is 0 Å². The highest BCUT2D eigenvalue weighted by Crippen LogP contribution is 2.33. The molecule has 0 bridgehead atoms. The van der Waals surface area contributed by atoms with E-state index in [1.807, 2.05) is 48.7 Å². The molecule has 0 aliphatic heterocycles. The van der Waals surface area contributed by atoms with Crippen LogP contribution in [-0.4, -0.2) is 31.7 Å². The van der Waals surface area contributed by atoms with Crippen LogP contribution in [0, 0.1) is 6.92 Å². The topological polar surface area (TPSA) is 69.7 Å². The first-order valence-corrected chi connectivity index (χ1v) is 10.5. The average Bonchev–Trinajstić information content (AvgIpc) is 3.19. The van der Waals surface area contributed by atoms with Gasteiger partial charge in [-0.05, 0) is 48.2 Å². The second-order valence-corrected chi connectivity index (χ2v) is 8.00. The molecule has 0 radical (unpaired) electrons. The largest absolute Gasteiger partial charge is 0.493 e. The van der Waals surface area contributed by atoms with Gasteiger partial charge in [0.15, 0.2) is 23.2 Å². The van der Waals surface area contributed by atoms with Crippen molar-refractivity contribution in [2.24, 2.45) is 0 Å². The fraction of sp³-hybridized carbons (Fsp3) is 0.304. The molecule has 1 aromatic heterocycles. The van der Waals surface area contributed by atoms with Crippen molar-refractivity contribution in [3.8, 4) is 28.5 Å². The van der Waals surface area contributed by atoms with Crippen molar-refractivity contribution in [2.75, 3.05) is 26.1 Å². The van der Waals surface area contributed by atoms with Gasteiger partial charge in [-0.25, -0.2) is 4.98 Å². The van der Waals surface area contributed by atoms with Crippen molar-refractivity contribution in [1.29, 1.82) is 0 Å². The van der Waals surface area contributed by atoms with Crippen LogP contribution in [0.2, 0.25) is 0 Å². The van der Waals surface area contributed by atoms with E-state index in [-0.39, 0.29) is 12.5 Å². The number of aromatic nitrogens is 1. The third kappa shape index (κ3) is 5.10. The molecule has 0 aliphatic rings. The molecule has 7 heteroatoms. The highest BCUT2D eigenvalue weighted by atomic mass is 32.1. The minimum atomic E-state index is -0.251. The lowest BCUT2D eigenvalue weighted by atomic mass is 10.0. The fourth-order valence-electron chi connectivity index (χ4n) is 3.00. The van der Waals surface area contributed by atoms with Gasteiger partial charge in [-0.1, -0.05) is 26.0 Å². The zero-order chi connectivity index (χ0) is 21.7. The molecule has 0 saturated heterocycles. The Hall–Kier alpha value is -3.06. The Kier molecular flexibility index (Phi) is 6.95. The summed E-state index contributed by atoms with van der Waals surface area (Å²) >= 11 is 1.36. The number of anilines is 1. The van der Waals surface area contributed by atoms with E-state index < -0.39 is 0 Å². The quantitative estimate of drug-likeness (QED) is 0.531. The summed E-state index contributed by atoms with van der Waals surface area (Å²) in [5.74, 6) is 2.08. The predicted molar refractivity (Wildman–Crippen MR) is 120 cm³/mol. The molecule has 3 rings (SSSR count). The maximum Gasteiger partial charge on any atom is 0.264 e. The Balaban J connectivity index is 1.65. The smallest absolute Gasteiger partial charge is 0.264 e. The van der Waals surface area contributed by atoms with E-state index in [9.17, 15) is 4.79 Å². The molecule has 0 fully saturated rings. The van der Waals surface area contributed by atoms with Crippen LogP contribution in [0.1, 0.15) is 30.9 Å². The molecular weight excluding hydrogens is 400 g/mol. The van der Waals surface area contributed by atoms with Crippen LogP contribution in [0.25, 0.3) is 11.3 Å². The second-order valence-electron chi connectivity index (χ2n) is 7.14. The number of hydrogen-bond donors (Lipinski definition) is 1. The number of benzene rings is 2. The first-order chi connectivity index (χ1) is 14.4. The molecule has 0 atom stereocenters. The number of methoxy groups -OCH3 is 2. The van der Waals surface area contributed by atoms with E-state index in [0.717, 1.165) is 28.1 Å². The Morgan fingerprint density at radius 2 is 1.83 bits per heavy atom. The lowest BCUT2D eigenvalue weighted by Gasteiger charge is -2.14. The molecule has 3 aromatic rings.